The SMILES string of the molecule is c1ccc2[nH]c(N3CCOCC3(C3CCCCC3)N3CCNCC3)nc2c1. The molecule has 2 N–H and O–H groups in total. The van der Waals surface area contributed by atoms with Crippen molar-refractivity contribution in [3.05, 3.63) is 24.3 Å². The van der Waals surface area contributed by atoms with Crippen molar-refractivity contribution in [2.75, 3.05) is 50.8 Å². The summed E-state index contributed by atoms with van der Waals surface area (Å²) in [7, 11) is 0. The van der Waals surface area contributed by atoms with E-state index in [2.05, 4.69) is 44.4 Å². The van der Waals surface area contributed by atoms with Crippen molar-refractivity contribution in [3.63, 3.8) is 0 Å². The van der Waals surface area contributed by atoms with Gasteiger partial charge < -0.3 is 19.9 Å². The molecular weight excluding hydrogens is 338 g/mol. The Morgan fingerprint density at radius 3 is 2.67 bits per heavy atom. The van der Waals surface area contributed by atoms with Gasteiger partial charge >= 0.3 is 0 Å². The lowest BCUT2D eigenvalue weighted by Gasteiger charge is -2.58. The first kappa shape index (κ1) is 17.5. The standard InChI is InChI=1S/C21H31N5O/c1-2-6-17(7-3-1)21(25-12-10-22-11-13-25)16-27-15-14-26(21)20-23-18-8-4-5-9-19(18)24-20/h4-5,8-9,17,22H,1-3,6-7,10-16H2,(H,23,24). The number of nitrogens with zero attached hydrogens (tertiary/aromatic N) is 3. The molecule has 3 heterocycles. The van der Waals surface area contributed by atoms with E-state index in [9.17, 15) is 0 Å². The molecular formula is C21H31N5O. The van der Waals surface area contributed by atoms with Gasteiger partial charge in [-0.05, 0) is 30.9 Å². The van der Waals surface area contributed by atoms with Gasteiger partial charge in [0.2, 0.25) is 5.95 Å². The maximum atomic E-state index is 6.17. The van der Waals surface area contributed by atoms with E-state index >= 15 is 0 Å². The average molecular weight is 370 g/mol. The molecule has 27 heavy (non-hydrogen) atoms. The zero-order valence-corrected chi connectivity index (χ0v) is 16.1. The van der Waals surface area contributed by atoms with E-state index in [1.807, 2.05) is 0 Å². The van der Waals surface area contributed by atoms with Crippen LogP contribution in [0.4, 0.5) is 5.95 Å². The first-order valence-corrected chi connectivity index (χ1v) is 10.6. The van der Waals surface area contributed by atoms with Gasteiger partial charge in [0.05, 0.1) is 24.2 Å². The Balaban J connectivity index is 1.58. The summed E-state index contributed by atoms with van der Waals surface area (Å²) in [5.41, 5.74) is 2.10. The fourth-order valence-corrected chi connectivity index (χ4v) is 5.48. The topological polar surface area (TPSA) is 56.4 Å². The molecule has 2 aliphatic heterocycles. The summed E-state index contributed by atoms with van der Waals surface area (Å²) in [6, 6.07) is 8.37. The number of aromatic amines is 1. The summed E-state index contributed by atoms with van der Waals surface area (Å²) < 4.78 is 6.17. The predicted octanol–water partition coefficient (Wildman–Crippen LogP) is 2.58. The zero-order valence-electron chi connectivity index (χ0n) is 16.1. The Morgan fingerprint density at radius 1 is 1.04 bits per heavy atom. The number of aromatic nitrogens is 2. The van der Waals surface area contributed by atoms with Crippen molar-refractivity contribution in [3.8, 4) is 0 Å². The van der Waals surface area contributed by atoms with Crippen LogP contribution < -0.4 is 10.2 Å². The molecule has 2 saturated heterocycles. The minimum absolute atomic E-state index is 0.0748. The highest BCUT2D eigenvalue weighted by Crippen LogP contribution is 2.42. The fourth-order valence-electron chi connectivity index (χ4n) is 5.48. The number of hydrogen-bond acceptors (Lipinski definition) is 5. The largest absolute Gasteiger partial charge is 0.376 e. The summed E-state index contributed by atoms with van der Waals surface area (Å²) in [5, 5.41) is 3.53. The Bertz CT molecular complexity index is 712. The van der Waals surface area contributed by atoms with Crippen LogP contribution in [0, 0.1) is 5.92 Å². The lowest BCUT2D eigenvalue weighted by Crippen LogP contribution is -2.73. The molecule has 0 amide bonds. The van der Waals surface area contributed by atoms with Gasteiger partial charge in [-0.1, -0.05) is 31.4 Å². The van der Waals surface area contributed by atoms with Gasteiger partial charge in [-0.3, -0.25) is 4.90 Å². The molecule has 146 valence electrons. The van der Waals surface area contributed by atoms with Crippen LogP contribution >= 0.6 is 0 Å². The number of morpholine rings is 1. The van der Waals surface area contributed by atoms with Crippen LogP contribution in [-0.2, 0) is 4.74 Å². The number of imidazole rings is 1. The second-order valence-corrected chi connectivity index (χ2v) is 8.23. The molecule has 0 spiro atoms. The molecule has 1 atom stereocenters. The molecule has 3 fully saturated rings. The normalized spacial score (nSPS) is 28.7. The lowest BCUT2D eigenvalue weighted by molar-refractivity contribution is -0.0845. The van der Waals surface area contributed by atoms with E-state index in [0.717, 1.165) is 62.9 Å². The maximum absolute atomic E-state index is 6.17. The maximum Gasteiger partial charge on any atom is 0.205 e. The number of piperazine rings is 1. The molecule has 1 aromatic carbocycles. The Labute approximate surface area is 161 Å². The van der Waals surface area contributed by atoms with Crippen molar-refractivity contribution in [1.29, 1.82) is 0 Å². The molecule has 5 rings (SSSR count). The monoisotopic (exact) mass is 369 g/mol. The lowest BCUT2D eigenvalue weighted by atomic mass is 9.77. The highest BCUT2D eigenvalue weighted by molar-refractivity contribution is 5.77. The van der Waals surface area contributed by atoms with E-state index in [1.54, 1.807) is 0 Å². The highest BCUT2D eigenvalue weighted by atomic mass is 16.5. The third kappa shape index (κ3) is 3.04. The van der Waals surface area contributed by atoms with E-state index in [1.165, 1.54) is 32.1 Å². The fraction of sp³-hybridized carbons (Fsp3) is 0.667. The molecule has 1 aromatic heterocycles. The van der Waals surface area contributed by atoms with Crippen LogP contribution in [0.25, 0.3) is 11.0 Å². The number of rotatable bonds is 3. The number of para-hydroxylation sites is 2. The highest BCUT2D eigenvalue weighted by Gasteiger charge is 2.51. The first-order chi connectivity index (χ1) is 13.4. The first-order valence-electron chi connectivity index (χ1n) is 10.6. The van der Waals surface area contributed by atoms with Crippen LogP contribution in [-0.4, -0.2) is 66.5 Å². The second-order valence-electron chi connectivity index (χ2n) is 8.23. The third-order valence-electron chi connectivity index (χ3n) is 6.80. The summed E-state index contributed by atoms with van der Waals surface area (Å²) in [5.74, 6) is 1.65. The smallest absolute Gasteiger partial charge is 0.205 e. The molecule has 2 aromatic rings. The Hall–Kier alpha value is -1.63. The number of nitrogens with one attached hydrogen (secondary N) is 2. The van der Waals surface area contributed by atoms with Crippen LogP contribution in [0.15, 0.2) is 24.3 Å². The van der Waals surface area contributed by atoms with E-state index < -0.39 is 0 Å². The summed E-state index contributed by atoms with van der Waals surface area (Å²) in [4.78, 5) is 13.9. The molecule has 1 saturated carbocycles. The molecule has 0 radical (unpaired) electrons. The Morgan fingerprint density at radius 2 is 1.85 bits per heavy atom. The number of benzene rings is 1. The van der Waals surface area contributed by atoms with Crippen molar-refractivity contribution >= 4 is 17.0 Å². The molecule has 0 bridgehead atoms. The zero-order chi connectivity index (χ0) is 18.1. The van der Waals surface area contributed by atoms with Gasteiger partial charge in [0.1, 0.15) is 5.66 Å². The molecule has 6 heteroatoms. The van der Waals surface area contributed by atoms with E-state index in [0.29, 0.717) is 5.92 Å². The van der Waals surface area contributed by atoms with Crippen molar-refractivity contribution in [2.45, 2.75) is 37.8 Å². The van der Waals surface area contributed by atoms with E-state index in [-0.39, 0.29) is 5.66 Å². The molecule has 1 unspecified atom stereocenters. The second kappa shape index (κ2) is 7.41. The van der Waals surface area contributed by atoms with Crippen molar-refractivity contribution in [1.82, 2.24) is 20.2 Å². The van der Waals surface area contributed by atoms with Gasteiger partial charge in [0, 0.05) is 32.7 Å². The summed E-state index contributed by atoms with van der Waals surface area (Å²) >= 11 is 0. The van der Waals surface area contributed by atoms with Crippen LogP contribution in [0.2, 0.25) is 0 Å². The average Bonchev–Trinajstić information content (AvgIpc) is 3.19. The van der Waals surface area contributed by atoms with Crippen LogP contribution in [0.3, 0.4) is 0 Å². The molecule has 1 aliphatic carbocycles. The summed E-state index contributed by atoms with van der Waals surface area (Å²) in [6.45, 7) is 6.74. The number of anilines is 1. The number of hydrogen-bond donors (Lipinski definition) is 2. The molecule has 6 nitrogen and oxygen atoms in total. The number of fused-ring (bicyclic) bond motifs is 1. The minimum atomic E-state index is -0.0748. The number of H-pyrrole nitrogens is 1. The van der Waals surface area contributed by atoms with Gasteiger partial charge in [-0.15, -0.1) is 0 Å². The van der Waals surface area contributed by atoms with Gasteiger partial charge in [-0.25, -0.2) is 4.98 Å². The van der Waals surface area contributed by atoms with Gasteiger partial charge in [0.25, 0.3) is 0 Å². The van der Waals surface area contributed by atoms with Crippen LogP contribution in [0.1, 0.15) is 32.1 Å². The van der Waals surface area contributed by atoms with Crippen LogP contribution in [0.5, 0.6) is 0 Å². The van der Waals surface area contributed by atoms with E-state index in [4.69, 9.17) is 9.72 Å². The van der Waals surface area contributed by atoms with Crippen molar-refractivity contribution < 1.29 is 4.74 Å². The summed E-state index contributed by atoms with van der Waals surface area (Å²) in [6.07, 6.45) is 6.65. The number of ether oxygens (including phenoxy) is 1. The van der Waals surface area contributed by atoms with Crippen molar-refractivity contribution in [2.24, 2.45) is 5.92 Å². The minimum Gasteiger partial charge on any atom is -0.376 e. The van der Waals surface area contributed by atoms with Gasteiger partial charge in [-0.2, -0.15) is 0 Å². The Kier molecular flexibility index (Phi) is 4.80. The molecule has 3 aliphatic rings. The quantitative estimate of drug-likeness (QED) is 0.871. The van der Waals surface area contributed by atoms with Gasteiger partial charge in [0.15, 0.2) is 0 Å². The predicted molar refractivity (Wildman–Crippen MR) is 108 cm³/mol. The third-order valence-corrected chi connectivity index (χ3v) is 6.80.